The molecule has 0 aliphatic heterocycles. The van der Waals surface area contributed by atoms with E-state index < -0.39 is 5.41 Å². The molecule has 0 spiro atoms. The van der Waals surface area contributed by atoms with E-state index in [-0.39, 0.29) is 5.78 Å². The highest BCUT2D eigenvalue weighted by Crippen LogP contribution is 2.28. The van der Waals surface area contributed by atoms with Crippen molar-refractivity contribution in [1.82, 2.24) is 9.78 Å². The molecule has 0 unspecified atom stereocenters. The van der Waals surface area contributed by atoms with Crippen molar-refractivity contribution in [3.8, 4) is 0 Å². The molecule has 0 bridgehead atoms. The minimum absolute atomic E-state index is 0.144. The van der Waals surface area contributed by atoms with E-state index in [9.17, 15) is 4.79 Å². The summed E-state index contributed by atoms with van der Waals surface area (Å²) in [4.78, 5) is 12.8. The third-order valence-corrected chi connectivity index (χ3v) is 4.47. The molecule has 2 aromatic rings. The van der Waals surface area contributed by atoms with Crippen LogP contribution in [0.25, 0.3) is 0 Å². The highest BCUT2D eigenvalue weighted by Gasteiger charge is 2.31. The average Bonchev–Trinajstić information content (AvgIpc) is 2.75. The van der Waals surface area contributed by atoms with Crippen LogP contribution in [0.15, 0.2) is 30.3 Å². The lowest BCUT2D eigenvalue weighted by Crippen LogP contribution is -2.31. The summed E-state index contributed by atoms with van der Waals surface area (Å²) < 4.78 is 1.82. The molecule has 0 N–H and O–H groups in total. The van der Waals surface area contributed by atoms with Crippen LogP contribution in [0.1, 0.15) is 37.7 Å². The van der Waals surface area contributed by atoms with Crippen LogP contribution in [0, 0.1) is 6.92 Å². The zero-order valence-corrected chi connectivity index (χ0v) is 13.7. The quantitative estimate of drug-likeness (QED) is 0.838. The monoisotopic (exact) mass is 304 g/mol. The first kappa shape index (κ1) is 15.8. The smallest absolute Gasteiger partial charge is 0.148 e. The molecule has 112 valence electrons. The van der Waals surface area contributed by atoms with E-state index in [4.69, 9.17) is 11.6 Å². The third-order valence-electron chi connectivity index (χ3n) is 3.97. The van der Waals surface area contributed by atoms with Crippen LogP contribution in [-0.2, 0) is 23.2 Å². The Hall–Kier alpha value is -1.61. The Morgan fingerprint density at radius 2 is 1.90 bits per heavy atom. The summed E-state index contributed by atoms with van der Waals surface area (Å²) in [6.45, 7) is 8.49. The molecule has 3 nitrogen and oxygen atoms in total. The van der Waals surface area contributed by atoms with E-state index in [1.165, 1.54) is 0 Å². The summed E-state index contributed by atoms with van der Waals surface area (Å²) in [6, 6.07) is 9.84. The van der Waals surface area contributed by atoms with Gasteiger partial charge < -0.3 is 0 Å². The number of nitrogens with zero attached hydrogens (tertiary/aromatic N) is 2. The van der Waals surface area contributed by atoms with E-state index in [0.717, 1.165) is 17.0 Å². The molecule has 0 atom stereocenters. The van der Waals surface area contributed by atoms with Gasteiger partial charge in [-0.05, 0) is 33.3 Å². The van der Waals surface area contributed by atoms with Crippen molar-refractivity contribution in [2.45, 2.75) is 46.1 Å². The van der Waals surface area contributed by atoms with Gasteiger partial charge in [-0.1, -0.05) is 41.9 Å². The number of carbonyl (C=O) groups excluding carboxylic acids is 1. The van der Waals surface area contributed by atoms with E-state index in [0.29, 0.717) is 18.0 Å². The van der Waals surface area contributed by atoms with Crippen LogP contribution in [0.2, 0.25) is 5.02 Å². The van der Waals surface area contributed by atoms with E-state index >= 15 is 0 Å². The van der Waals surface area contributed by atoms with Crippen LogP contribution in [-0.4, -0.2) is 15.6 Å². The number of Topliss-reactive ketones (excluding diaryl/α,β-unsaturated/α-hetero) is 1. The molecule has 0 amide bonds. The predicted molar refractivity (Wildman–Crippen MR) is 85.8 cm³/mol. The second-order valence-electron chi connectivity index (χ2n) is 5.75. The Labute approximate surface area is 130 Å². The number of aryl methyl sites for hydroxylation is 2. The molecule has 1 aromatic carbocycles. The molecule has 4 heteroatoms. The van der Waals surface area contributed by atoms with Gasteiger partial charge in [0.15, 0.2) is 0 Å². The summed E-state index contributed by atoms with van der Waals surface area (Å²) in [6.07, 6.45) is 0.301. The normalized spacial score (nSPS) is 11.7. The maximum Gasteiger partial charge on any atom is 0.148 e. The number of hydrogen-bond donors (Lipinski definition) is 0. The van der Waals surface area contributed by atoms with E-state index in [2.05, 4.69) is 5.10 Å². The average molecular weight is 305 g/mol. The summed E-state index contributed by atoms with van der Waals surface area (Å²) in [7, 11) is 0. The van der Waals surface area contributed by atoms with Crippen LogP contribution < -0.4 is 0 Å². The molecule has 0 saturated heterocycles. The fraction of sp³-hybridized carbons (Fsp3) is 0.412. The first-order chi connectivity index (χ1) is 9.87. The van der Waals surface area contributed by atoms with Crippen molar-refractivity contribution < 1.29 is 4.79 Å². The van der Waals surface area contributed by atoms with Gasteiger partial charge in [0.25, 0.3) is 0 Å². The zero-order chi connectivity index (χ0) is 15.6. The number of ketones is 1. The fourth-order valence-electron chi connectivity index (χ4n) is 2.43. The Balaban J connectivity index is 2.30. The minimum atomic E-state index is -0.540. The molecule has 0 radical (unpaired) electrons. The molecular formula is C17H21ClN2O. The third kappa shape index (κ3) is 3.03. The summed E-state index contributed by atoms with van der Waals surface area (Å²) in [5.41, 5.74) is 2.07. The van der Waals surface area contributed by atoms with Gasteiger partial charge >= 0.3 is 0 Å². The van der Waals surface area contributed by atoms with Crippen molar-refractivity contribution in [3.63, 3.8) is 0 Å². The summed E-state index contributed by atoms with van der Waals surface area (Å²) >= 11 is 6.30. The Kier molecular flexibility index (Phi) is 4.52. The lowest BCUT2D eigenvalue weighted by molar-refractivity contribution is -0.122. The number of hydrogen-bond acceptors (Lipinski definition) is 2. The minimum Gasteiger partial charge on any atom is -0.298 e. The standard InChI is InChI=1S/C17H21ClN2O/c1-5-20-14(16(18)12(2)19-20)11-15(21)17(3,4)13-9-7-6-8-10-13/h6-10H,5,11H2,1-4H3. The molecule has 2 rings (SSSR count). The highest BCUT2D eigenvalue weighted by atomic mass is 35.5. The largest absolute Gasteiger partial charge is 0.298 e. The second-order valence-corrected chi connectivity index (χ2v) is 6.13. The second kappa shape index (κ2) is 6.02. The SMILES string of the molecule is CCn1nc(C)c(Cl)c1CC(=O)C(C)(C)c1ccccc1. The van der Waals surface area contributed by atoms with Crippen molar-refractivity contribution >= 4 is 17.4 Å². The van der Waals surface area contributed by atoms with E-state index in [1.807, 2.05) is 62.7 Å². The number of halogens is 1. The van der Waals surface area contributed by atoms with Crippen LogP contribution in [0.5, 0.6) is 0 Å². The predicted octanol–water partition coefficient (Wildman–Crippen LogP) is 3.95. The van der Waals surface area contributed by atoms with Gasteiger partial charge in [-0.3, -0.25) is 9.48 Å². The molecule has 1 aromatic heterocycles. The molecule has 21 heavy (non-hydrogen) atoms. The Morgan fingerprint density at radius 3 is 2.48 bits per heavy atom. The topological polar surface area (TPSA) is 34.9 Å². The van der Waals surface area contributed by atoms with E-state index in [1.54, 1.807) is 0 Å². The van der Waals surface area contributed by atoms with Crippen molar-refractivity contribution in [2.75, 3.05) is 0 Å². The molecule has 0 aliphatic carbocycles. The first-order valence-corrected chi connectivity index (χ1v) is 7.56. The maximum atomic E-state index is 12.8. The maximum absolute atomic E-state index is 12.8. The zero-order valence-electron chi connectivity index (χ0n) is 13.0. The van der Waals surface area contributed by atoms with Gasteiger partial charge in [-0.25, -0.2) is 0 Å². The van der Waals surface area contributed by atoms with Crippen LogP contribution in [0.3, 0.4) is 0 Å². The van der Waals surface area contributed by atoms with Gasteiger partial charge in [-0.15, -0.1) is 0 Å². The summed E-state index contributed by atoms with van der Waals surface area (Å²) in [5, 5.41) is 4.97. The van der Waals surface area contributed by atoms with Crippen LogP contribution >= 0.6 is 11.6 Å². The fourth-order valence-corrected chi connectivity index (χ4v) is 2.63. The number of carbonyl (C=O) groups is 1. The van der Waals surface area contributed by atoms with Gasteiger partial charge in [-0.2, -0.15) is 5.10 Å². The van der Waals surface area contributed by atoms with Gasteiger partial charge in [0.1, 0.15) is 5.78 Å². The Bertz CT molecular complexity index is 644. The number of benzene rings is 1. The number of rotatable bonds is 5. The molecular weight excluding hydrogens is 284 g/mol. The molecule has 0 aliphatic rings. The summed E-state index contributed by atoms with van der Waals surface area (Å²) in [5.74, 6) is 0.144. The lowest BCUT2D eigenvalue weighted by Gasteiger charge is -2.24. The van der Waals surface area contributed by atoms with Crippen molar-refractivity contribution in [2.24, 2.45) is 0 Å². The van der Waals surface area contributed by atoms with Gasteiger partial charge in [0.2, 0.25) is 0 Å². The molecule has 1 heterocycles. The Morgan fingerprint density at radius 1 is 1.29 bits per heavy atom. The number of aromatic nitrogens is 2. The molecule has 0 fully saturated rings. The lowest BCUT2D eigenvalue weighted by atomic mass is 9.79. The van der Waals surface area contributed by atoms with Crippen LogP contribution in [0.4, 0.5) is 0 Å². The van der Waals surface area contributed by atoms with Crippen molar-refractivity contribution in [3.05, 3.63) is 52.3 Å². The first-order valence-electron chi connectivity index (χ1n) is 7.18. The molecule has 0 saturated carbocycles. The van der Waals surface area contributed by atoms with Gasteiger partial charge in [0.05, 0.1) is 22.8 Å². The van der Waals surface area contributed by atoms with Gasteiger partial charge in [0, 0.05) is 12.0 Å². The highest BCUT2D eigenvalue weighted by molar-refractivity contribution is 6.32. The van der Waals surface area contributed by atoms with Crippen molar-refractivity contribution in [1.29, 1.82) is 0 Å².